The van der Waals surface area contributed by atoms with Crippen LogP contribution in [0.2, 0.25) is 0 Å². The van der Waals surface area contributed by atoms with Gasteiger partial charge in [-0.2, -0.15) is 0 Å². The van der Waals surface area contributed by atoms with Crippen molar-refractivity contribution in [3.05, 3.63) is 0 Å². The molecule has 1 N–H and O–H groups in total. The number of hydrogen-bond donors (Lipinski definition) is 1. The molecule has 1 aliphatic rings. The minimum absolute atomic E-state index is 0.452. The highest BCUT2D eigenvalue weighted by atomic mass is 15.2. The Morgan fingerprint density at radius 2 is 2.12 bits per heavy atom. The van der Waals surface area contributed by atoms with E-state index in [1.54, 1.807) is 0 Å². The molecule has 2 atom stereocenters. The van der Waals surface area contributed by atoms with Crippen molar-refractivity contribution < 1.29 is 0 Å². The summed E-state index contributed by atoms with van der Waals surface area (Å²) in [4.78, 5) is 2.68. The number of likely N-dealkylation sites (tertiary alicyclic amines) is 1. The van der Waals surface area contributed by atoms with Gasteiger partial charge in [-0.05, 0) is 51.1 Å². The average molecular weight is 226 g/mol. The molecule has 0 aromatic rings. The van der Waals surface area contributed by atoms with E-state index in [1.165, 1.54) is 45.3 Å². The Labute approximate surface area is 102 Å². The van der Waals surface area contributed by atoms with Crippen LogP contribution in [0.5, 0.6) is 0 Å². The summed E-state index contributed by atoms with van der Waals surface area (Å²) in [5, 5.41) is 3.59. The maximum absolute atomic E-state index is 3.59. The predicted molar refractivity (Wildman–Crippen MR) is 71.8 cm³/mol. The Bertz CT molecular complexity index is 193. The van der Waals surface area contributed by atoms with Gasteiger partial charge in [-0.3, -0.25) is 0 Å². The zero-order valence-corrected chi connectivity index (χ0v) is 11.7. The van der Waals surface area contributed by atoms with Gasteiger partial charge in [0.25, 0.3) is 0 Å². The molecular formula is C14H30N2. The van der Waals surface area contributed by atoms with E-state index >= 15 is 0 Å². The first kappa shape index (κ1) is 14.0. The van der Waals surface area contributed by atoms with Crippen LogP contribution < -0.4 is 5.32 Å². The first-order valence-electron chi connectivity index (χ1n) is 7.06. The van der Waals surface area contributed by atoms with Crippen LogP contribution in [0.3, 0.4) is 0 Å². The lowest BCUT2D eigenvalue weighted by Gasteiger charge is -2.35. The maximum atomic E-state index is 3.59. The monoisotopic (exact) mass is 226 g/mol. The first-order chi connectivity index (χ1) is 7.61. The Hall–Kier alpha value is -0.0800. The van der Waals surface area contributed by atoms with Gasteiger partial charge >= 0.3 is 0 Å². The van der Waals surface area contributed by atoms with Crippen molar-refractivity contribution in [2.24, 2.45) is 5.41 Å². The Morgan fingerprint density at radius 1 is 1.38 bits per heavy atom. The third-order valence-electron chi connectivity index (χ3n) is 4.11. The molecule has 0 aliphatic carbocycles. The largest absolute Gasteiger partial charge is 0.316 e. The summed E-state index contributed by atoms with van der Waals surface area (Å²) in [7, 11) is 0. The number of rotatable bonds is 7. The second-order valence-corrected chi connectivity index (χ2v) is 5.80. The lowest BCUT2D eigenvalue weighted by molar-refractivity contribution is 0.150. The van der Waals surface area contributed by atoms with Crippen molar-refractivity contribution in [3.63, 3.8) is 0 Å². The van der Waals surface area contributed by atoms with Gasteiger partial charge in [-0.25, -0.2) is 0 Å². The van der Waals surface area contributed by atoms with Gasteiger partial charge in [-0.15, -0.1) is 0 Å². The summed E-state index contributed by atoms with van der Waals surface area (Å²) in [6.07, 6.45) is 5.29. The molecular weight excluding hydrogens is 196 g/mol. The van der Waals surface area contributed by atoms with Crippen LogP contribution in [0.15, 0.2) is 0 Å². The van der Waals surface area contributed by atoms with Crippen molar-refractivity contribution in [1.82, 2.24) is 10.2 Å². The van der Waals surface area contributed by atoms with Gasteiger partial charge in [0.05, 0.1) is 0 Å². The lowest BCUT2D eigenvalue weighted by Crippen LogP contribution is -2.43. The van der Waals surface area contributed by atoms with Crippen molar-refractivity contribution >= 4 is 0 Å². The van der Waals surface area contributed by atoms with Gasteiger partial charge in [0.15, 0.2) is 0 Å². The van der Waals surface area contributed by atoms with Crippen LogP contribution in [0.4, 0.5) is 0 Å². The molecule has 0 aromatic heterocycles. The van der Waals surface area contributed by atoms with E-state index in [2.05, 4.69) is 37.9 Å². The molecule has 2 nitrogen and oxygen atoms in total. The molecule has 1 rings (SSSR count). The van der Waals surface area contributed by atoms with Gasteiger partial charge in [0.1, 0.15) is 0 Å². The third kappa shape index (κ3) is 4.06. The van der Waals surface area contributed by atoms with E-state index in [-0.39, 0.29) is 0 Å². The molecule has 2 heteroatoms. The molecule has 0 bridgehead atoms. The van der Waals surface area contributed by atoms with E-state index < -0.39 is 0 Å². The van der Waals surface area contributed by atoms with Crippen LogP contribution in [0.1, 0.15) is 53.4 Å². The van der Waals surface area contributed by atoms with Gasteiger partial charge in [-0.1, -0.05) is 20.8 Å². The van der Waals surface area contributed by atoms with E-state index in [1.807, 2.05) is 0 Å². The number of nitrogens with one attached hydrogen (secondary N) is 1. The van der Waals surface area contributed by atoms with Crippen LogP contribution in [-0.2, 0) is 0 Å². The maximum Gasteiger partial charge on any atom is 0.00676 e. The third-order valence-corrected chi connectivity index (χ3v) is 4.11. The Kier molecular flexibility index (Phi) is 5.77. The molecule has 0 aromatic carbocycles. The fourth-order valence-electron chi connectivity index (χ4n) is 2.58. The fourth-order valence-corrected chi connectivity index (χ4v) is 2.58. The minimum Gasteiger partial charge on any atom is -0.316 e. The van der Waals surface area contributed by atoms with Crippen LogP contribution in [0.25, 0.3) is 0 Å². The highest BCUT2D eigenvalue weighted by molar-refractivity contribution is 4.84. The normalized spacial score (nSPS) is 25.9. The first-order valence-corrected chi connectivity index (χ1v) is 7.06. The Balaban J connectivity index is 2.38. The van der Waals surface area contributed by atoms with E-state index in [0.29, 0.717) is 5.41 Å². The van der Waals surface area contributed by atoms with Gasteiger partial charge < -0.3 is 10.2 Å². The summed E-state index contributed by atoms with van der Waals surface area (Å²) in [5.74, 6) is 0. The average Bonchev–Trinajstić information content (AvgIpc) is 2.65. The van der Waals surface area contributed by atoms with Gasteiger partial charge in [0.2, 0.25) is 0 Å². The summed E-state index contributed by atoms with van der Waals surface area (Å²) in [6, 6.07) is 0.803. The number of hydrogen-bond acceptors (Lipinski definition) is 2. The van der Waals surface area contributed by atoms with Crippen molar-refractivity contribution in [2.75, 3.05) is 26.2 Å². The lowest BCUT2D eigenvalue weighted by atomic mass is 9.86. The topological polar surface area (TPSA) is 15.3 Å². The molecule has 0 spiro atoms. The Morgan fingerprint density at radius 3 is 2.62 bits per heavy atom. The molecule has 0 amide bonds. The zero-order chi connectivity index (χ0) is 12.0. The number of nitrogens with zero attached hydrogens (tertiary/aromatic N) is 1. The molecule has 0 radical (unpaired) electrons. The highest BCUT2D eigenvalue weighted by Gasteiger charge is 2.29. The summed E-state index contributed by atoms with van der Waals surface area (Å²) in [5.41, 5.74) is 0.452. The van der Waals surface area contributed by atoms with E-state index in [0.717, 1.165) is 12.6 Å². The fraction of sp³-hybridized carbons (Fsp3) is 1.00. The molecule has 1 aliphatic heterocycles. The van der Waals surface area contributed by atoms with Crippen molar-refractivity contribution in [1.29, 1.82) is 0 Å². The second kappa shape index (κ2) is 6.61. The predicted octanol–water partition coefficient (Wildman–Crippen LogP) is 2.89. The van der Waals surface area contributed by atoms with Crippen LogP contribution in [-0.4, -0.2) is 37.1 Å². The molecule has 16 heavy (non-hydrogen) atoms. The summed E-state index contributed by atoms with van der Waals surface area (Å²) in [6.45, 7) is 14.3. The van der Waals surface area contributed by atoms with Crippen molar-refractivity contribution in [3.8, 4) is 0 Å². The molecule has 1 fully saturated rings. The summed E-state index contributed by atoms with van der Waals surface area (Å²) >= 11 is 0. The molecule has 1 saturated heterocycles. The molecule has 2 unspecified atom stereocenters. The quantitative estimate of drug-likeness (QED) is 0.672. The van der Waals surface area contributed by atoms with Crippen LogP contribution in [0, 0.1) is 5.41 Å². The van der Waals surface area contributed by atoms with E-state index in [9.17, 15) is 0 Å². The molecule has 0 saturated carbocycles. The summed E-state index contributed by atoms with van der Waals surface area (Å²) < 4.78 is 0. The van der Waals surface area contributed by atoms with Crippen molar-refractivity contribution in [2.45, 2.75) is 59.4 Å². The SMILES string of the molecule is CCCNCC(C)(CC)CN1CCCC1C. The zero-order valence-electron chi connectivity index (χ0n) is 11.7. The standard InChI is InChI=1S/C14H30N2/c1-5-9-15-11-14(4,6-2)12-16-10-7-8-13(16)3/h13,15H,5-12H2,1-4H3. The van der Waals surface area contributed by atoms with Crippen LogP contribution >= 0.6 is 0 Å². The smallest absolute Gasteiger partial charge is 0.00676 e. The molecule has 1 heterocycles. The highest BCUT2D eigenvalue weighted by Crippen LogP contribution is 2.26. The van der Waals surface area contributed by atoms with Gasteiger partial charge in [0, 0.05) is 19.1 Å². The van der Waals surface area contributed by atoms with E-state index in [4.69, 9.17) is 0 Å². The second-order valence-electron chi connectivity index (χ2n) is 5.80. The molecule has 96 valence electrons. The minimum atomic E-state index is 0.452.